The quantitative estimate of drug-likeness (QED) is 0.763. The zero-order valence-corrected chi connectivity index (χ0v) is 16.9. The molecule has 4 heterocycles. The van der Waals surface area contributed by atoms with Gasteiger partial charge in [0.2, 0.25) is 5.91 Å². The van der Waals surface area contributed by atoms with Crippen molar-refractivity contribution in [2.75, 3.05) is 32.7 Å². The fourth-order valence-corrected chi connectivity index (χ4v) is 4.65. The summed E-state index contributed by atoms with van der Waals surface area (Å²) in [6.45, 7) is 7.02. The van der Waals surface area contributed by atoms with Crippen LogP contribution in [0.5, 0.6) is 0 Å². The SMILES string of the molecule is CC[C@H]1CCCCN1CC(=O)NCCn1nc([C@H]2CCNC2)c2cccnc21. The maximum absolute atomic E-state index is 12.4. The van der Waals surface area contributed by atoms with E-state index >= 15 is 0 Å². The summed E-state index contributed by atoms with van der Waals surface area (Å²) in [5.41, 5.74) is 2.05. The first kappa shape index (κ1) is 19.3. The zero-order valence-electron chi connectivity index (χ0n) is 16.9. The van der Waals surface area contributed by atoms with Crippen LogP contribution < -0.4 is 10.6 Å². The number of pyridine rings is 1. The van der Waals surface area contributed by atoms with Crippen LogP contribution in [0, 0.1) is 0 Å². The Kier molecular flexibility index (Phi) is 6.22. The molecule has 0 unspecified atom stereocenters. The van der Waals surface area contributed by atoms with E-state index in [2.05, 4.69) is 33.5 Å². The van der Waals surface area contributed by atoms with Crippen LogP contribution in [0.25, 0.3) is 11.0 Å². The molecule has 152 valence electrons. The molecule has 2 atom stereocenters. The standard InChI is InChI=1S/C21H32N6O/c1-2-17-6-3-4-12-26(17)15-19(28)23-11-13-27-21-18(7-5-9-24-21)20(25-27)16-8-10-22-14-16/h5,7,9,16-17,22H,2-4,6,8,10-15H2,1H3,(H,23,28)/t16-,17-/m0/s1. The van der Waals surface area contributed by atoms with E-state index in [1.807, 2.05) is 16.9 Å². The van der Waals surface area contributed by atoms with Gasteiger partial charge in [0.1, 0.15) is 0 Å². The van der Waals surface area contributed by atoms with E-state index in [0.717, 1.165) is 49.2 Å². The van der Waals surface area contributed by atoms with Crippen molar-refractivity contribution in [2.45, 2.75) is 57.5 Å². The molecule has 2 aliphatic heterocycles. The molecule has 2 aliphatic rings. The molecule has 2 fully saturated rings. The molecule has 28 heavy (non-hydrogen) atoms. The number of carbonyl (C=O) groups excluding carboxylic acids is 1. The van der Waals surface area contributed by atoms with Gasteiger partial charge in [-0.05, 0) is 50.9 Å². The van der Waals surface area contributed by atoms with Crippen LogP contribution in [0.15, 0.2) is 18.3 Å². The third kappa shape index (κ3) is 4.20. The monoisotopic (exact) mass is 384 g/mol. The number of likely N-dealkylation sites (tertiary alicyclic amines) is 1. The molecule has 0 bridgehead atoms. The van der Waals surface area contributed by atoms with Crippen LogP contribution >= 0.6 is 0 Å². The molecule has 0 saturated carbocycles. The van der Waals surface area contributed by atoms with E-state index in [1.54, 1.807) is 0 Å². The highest BCUT2D eigenvalue weighted by Gasteiger charge is 2.24. The molecule has 0 aliphatic carbocycles. The van der Waals surface area contributed by atoms with Crippen LogP contribution in [0.3, 0.4) is 0 Å². The first-order valence-electron chi connectivity index (χ1n) is 10.8. The largest absolute Gasteiger partial charge is 0.353 e. The number of hydrogen-bond donors (Lipinski definition) is 2. The predicted octanol–water partition coefficient (Wildman–Crippen LogP) is 1.89. The predicted molar refractivity (Wildman–Crippen MR) is 110 cm³/mol. The van der Waals surface area contributed by atoms with E-state index in [1.165, 1.54) is 19.3 Å². The lowest BCUT2D eigenvalue weighted by molar-refractivity contribution is -0.123. The van der Waals surface area contributed by atoms with Crippen molar-refractivity contribution in [1.82, 2.24) is 30.3 Å². The van der Waals surface area contributed by atoms with Crippen LogP contribution in [0.2, 0.25) is 0 Å². The number of carbonyl (C=O) groups is 1. The first-order chi connectivity index (χ1) is 13.8. The molecule has 2 saturated heterocycles. The third-order valence-corrected chi connectivity index (χ3v) is 6.20. The minimum absolute atomic E-state index is 0.116. The summed E-state index contributed by atoms with van der Waals surface area (Å²) >= 11 is 0. The van der Waals surface area contributed by atoms with E-state index in [9.17, 15) is 4.79 Å². The smallest absolute Gasteiger partial charge is 0.234 e. The molecule has 7 nitrogen and oxygen atoms in total. The highest BCUT2D eigenvalue weighted by molar-refractivity contribution is 5.79. The Labute approximate surface area is 166 Å². The van der Waals surface area contributed by atoms with Gasteiger partial charge in [0, 0.05) is 36.6 Å². The molecule has 0 aromatic carbocycles. The van der Waals surface area contributed by atoms with Gasteiger partial charge in [-0.2, -0.15) is 5.10 Å². The summed E-state index contributed by atoms with van der Waals surface area (Å²) in [4.78, 5) is 19.3. The van der Waals surface area contributed by atoms with Crippen molar-refractivity contribution < 1.29 is 4.79 Å². The zero-order chi connectivity index (χ0) is 19.3. The van der Waals surface area contributed by atoms with Crippen LogP contribution in [0.1, 0.15) is 50.6 Å². The Morgan fingerprint density at radius 2 is 2.29 bits per heavy atom. The molecule has 2 N–H and O–H groups in total. The van der Waals surface area contributed by atoms with Gasteiger partial charge < -0.3 is 10.6 Å². The molecule has 2 aromatic heterocycles. The average molecular weight is 385 g/mol. The van der Waals surface area contributed by atoms with E-state index < -0.39 is 0 Å². The van der Waals surface area contributed by atoms with Crippen molar-refractivity contribution >= 4 is 16.9 Å². The average Bonchev–Trinajstić information content (AvgIpc) is 3.37. The highest BCUT2D eigenvalue weighted by Crippen LogP contribution is 2.27. The van der Waals surface area contributed by atoms with Crippen molar-refractivity contribution in [2.24, 2.45) is 0 Å². The first-order valence-corrected chi connectivity index (χ1v) is 10.8. The second-order valence-corrected chi connectivity index (χ2v) is 8.05. The van der Waals surface area contributed by atoms with Crippen molar-refractivity contribution in [3.05, 3.63) is 24.0 Å². The Bertz CT molecular complexity index is 797. The summed E-state index contributed by atoms with van der Waals surface area (Å²) in [6.07, 6.45) is 7.76. The van der Waals surface area contributed by atoms with Crippen LogP contribution in [-0.4, -0.2) is 64.3 Å². The van der Waals surface area contributed by atoms with Crippen LogP contribution in [-0.2, 0) is 11.3 Å². The fourth-order valence-electron chi connectivity index (χ4n) is 4.65. The molecular formula is C21H32N6O. The molecule has 1 amide bonds. The Morgan fingerprint density at radius 1 is 1.36 bits per heavy atom. The van der Waals surface area contributed by atoms with Gasteiger partial charge in [0.15, 0.2) is 5.65 Å². The molecule has 0 spiro atoms. The number of nitrogens with zero attached hydrogens (tertiary/aromatic N) is 4. The lowest BCUT2D eigenvalue weighted by Gasteiger charge is -2.34. The van der Waals surface area contributed by atoms with Gasteiger partial charge in [0.25, 0.3) is 0 Å². The minimum atomic E-state index is 0.116. The van der Waals surface area contributed by atoms with Crippen LogP contribution in [0.4, 0.5) is 0 Å². The fraction of sp³-hybridized carbons (Fsp3) is 0.667. The number of piperidine rings is 1. The second kappa shape index (κ2) is 9.01. The van der Waals surface area contributed by atoms with Crippen molar-refractivity contribution in [1.29, 1.82) is 0 Å². The number of aromatic nitrogens is 3. The van der Waals surface area contributed by atoms with Crippen molar-refractivity contribution in [3.63, 3.8) is 0 Å². The topological polar surface area (TPSA) is 75.1 Å². The second-order valence-electron chi connectivity index (χ2n) is 8.05. The van der Waals surface area contributed by atoms with E-state index in [0.29, 0.717) is 31.6 Å². The van der Waals surface area contributed by atoms with Gasteiger partial charge in [-0.3, -0.25) is 9.69 Å². The number of fused-ring (bicyclic) bond motifs is 1. The lowest BCUT2D eigenvalue weighted by Crippen LogP contribution is -2.45. The summed E-state index contributed by atoms with van der Waals surface area (Å²) in [6, 6.07) is 4.64. The number of amides is 1. The molecule has 4 rings (SSSR count). The van der Waals surface area contributed by atoms with Gasteiger partial charge in [-0.15, -0.1) is 0 Å². The summed E-state index contributed by atoms with van der Waals surface area (Å²) in [5, 5.41) is 12.5. The summed E-state index contributed by atoms with van der Waals surface area (Å²) in [7, 11) is 0. The maximum atomic E-state index is 12.4. The highest BCUT2D eigenvalue weighted by atomic mass is 16.2. The lowest BCUT2D eigenvalue weighted by atomic mass is 10.0. The van der Waals surface area contributed by atoms with Gasteiger partial charge in [-0.25, -0.2) is 9.67 Å². The van der Waals surface area contributed by atoms with Gasteiger partial charge in [0.05, 0.1) is 18.8 Å². The maximum Gasteiger partial charge on any atom is 0.234 e. The molecular weight excluding hydrogens is 352 g/mol. The molecule has 2 aromatic rings. The Morgan fingerprint density at radius 3 is 3.11 bits per heavy atom. The summed E-state index contributed by atoms with van der Waals surface area (Å²) in [5.74, 6) is 0.567. The van der Waals surface area contributed by atoms with Crippen molar-refractivity contribution in [3.8, 4) is 0 Å². The number of hydrogen-bond acceptors (Lipinski definition) is 5. The minimum Gasteiger partial charge on any atom is -0.353 e. The van der Waals surface area contributed by atoms with Gasteiger partial charge in [-0.1, -0.05) is 13.3 Å². The van der Waals surface area contributed by atoms with E-state index in [4.69, 9.17) is 5.10 Å². The summed E-state index contributed by atoms with van der Waals surface area (Å²) < 4.78 is 1.96. The van der Waals surface area contributed by atoms with E-state index in [-0.39, 0.29) is 5.91 Å². The molecule has 0 radical (unpaired) electrons. The Hall–Kier alpha value is -1.99. The number of nitrogens with one attached hydrogen (secondary N) is 2. The molecule has 7 heteroatoms. The number of rotatable bonds is 7. The van der Waals surface area contributed by atoms with Gasteiger partial charge >= 0.3 is 0 Å². The normalized spacial score (nSPS) is 23.3. The third-order valence-electron chi connectivity index (χ3n) is 6.20. The Balaban J connectivity index is 1.36.